The van der Waals surface area contributed by atoms with Crippen LogP contribution in [0.2, 0.25) is 10.0 Å². The molecule has 0 aliphatic heterocycles. The lowest BCUT2D eigenvalue weighted by atomic mass is 10.1. The molecule has 0 aliphatic rings. The van der Waals surface area contributed by atoms with E-state index in [1.807, 2.05) is 0 Å². The Bertz CT molecular complexity index is 717. The molecule has 0 unspecified atom stereocenters. The normalized spacial score (nSPS) is 10.2. The maximum absolute atomic E-state index is 12.1. The first kappa shape index (κ1) is 15.2. The second-order valence-electron chi connectivity index (χ2n) is 4.08. The van der Waals surface area contributed by atoms with Gasteiger partial charge in [-0.2, -0.15) is 0 Å². The number of hydrogen-bond donors (Lipinski definition) is 2. The van der Waals surface area contributed by atoms with Crippen molar-refractivity contribution in [3.8, 4) is 0 Å². The highest BCUT2D eigenvalue weighted by atomic mass is 35.5. The van der Waals surface area contributed by atoms with Crippen LogP contribution in [0, 0.1) is 6.92 Å². The van der Waals surface area contributed by atoms with E-state index in [1.54, 1.807) is 6.92 Å². The summed E-state index contributed by atoms with van der Waals surface area (Å²) in [5.74, 6) is -1.93. The number of aromatic carboxylic acids is 1. The zero-order valence-electron chi connectivity index (χ0n) is 10.7. The van der Waals surface area contributed by atoms with Crippen molar-refractivity contribution in [3.05, 3.63) is 51.5 Å². The molecule has 6 nitrogen and oxygen atoms in total. The second kappa shape index (κ2) is 6.07. The number of aromatic nitrogens is 2. The van der Waals surface area contributed by atoms with E-state index in [0.717, 1.165) is 0 Å². The zero-order valence-corrected chi connectivity index (χ0v) is 12.2. The fourth-order valence-electron chi connectivity index (χ4n) is 1.57. The lowest BCUT2D eigenvalue weighted by Gasteiger charge is -2.11. The molecule has 108 valence electrons. The number of nitrogens with zero attached hydrogens (tertiary/aromatic N) is 2. The van der Waals surface area contributed by atoms with E-state index in [1.165, 1.54) is 24.5 Å². The molecule has 1 heterocycles. The van der Waals surface area contributed by atoms with Crippen LogP contribution in [0.4, 0.5) is 5.69 Å². The van der Waals surface area contributed by atoms with Gasteiger partial charge in [0.25, 0.3) is 5.91 Å². The third-order valence-electron chi connectivity index (χ3n) is 2.57. The summed E-state index contributed by atoms with van der Waals surface area (Å²) in [7, 11) is 0. The summed E-state index contributed by atoms with van der Waals surface area (Å²) in [4.78, 5) is 31.1. The van der Waals surface area contributed by atoms with Crippen LogP contribution < -0.4 is 5.32 Å². The van der Waals surface area contributed by atoms with E-state index in [-0.39, 0.29) is 27.0 Å². The number of nitrogens with one attached hydrogen (secondary N) is 1. The quantitative estimate of drug-likeness (QED) is 0.904. The average molecular weight is 326 g/mol. The van der Waals surface area contributed by atoms with E-state index < -0.39 is 11.9 Å². The number of amides is 1. The van der Waals surface area contributed by atoms with E-state index in [0.29, 0.717) is 5.69 Å². The summed E-state index contributed by atoms with van der Waals surface area (Å²) >= 11 is 11.8. The van der Waals surface area contributed by atoms with Crippen LogP contribution in [-0.4, -0.2) is 27.0 Å². The summed E-state index contributed by atoms with van der Waals surface area (Å²) in [5, 5.41) is 11.6. The van der Waals surface area contributed by atoms with Crippen molar-refractivity contribution in [2.45, 2.75) is 6.92 Å². The first-order chi connectivity index (χ1) is 9.90. The molecule has 0 saturated heterocycles. The molecule has 0 spiro atoms. The molecule has 21 heavy (non-hydrogen) atoms. The van der Waals surface area contributed by atoms with Crippen LogP contribution in [0.5, 0.6) is 0 Å². The number of halogens is 2. The molecule has 2 aromatic rings. The van der Waals surface area contributed by atoms with Crippen molar-refractivity contribution in [2.24, 2.45) is 0 Å². The van der Waals surface area contributed by atoms with Crippen LogP contribution in [-0.2, 0) is 0 Å². The smallest absolute Gasteiger partial charge is 0.339 e. The summed E-state index contributed by atoms with van der Waals surface area (Å²) in [5.41, 5.74) is 0.327. The molecular weight excluding hydrogens is 317 g/mol. The van der Waals surface area contributed by atoms with Gasteiger partial charge in [-0.15, -0.1) is 0 Å². The number of carboxylic acid groups (broad SMARTS) is 1. The number of anilines is 1. The summed E-state index contributed by atoms with van der Waals surface area (Å²) in [6.07, 6.45) is 2.70. The highest BCUT2D eigenvalue weighted by Crippen LogP contribution is 2.32. The van der Waals surface area contributed by atoms with E-state index >= 15 is 0 Å². The highest BCUT2D eigenvalue weighted by Gasteiger charge is 2.20. The van der Waals surface area contributed by atoms with E-state index in [9.17, 15) is 9.59 Å². The number of carbonyl (C=O) groups excluding carboxylic acids is 1. The Balaban J connectivity index is 2.39. The van der Waals surface area contributed by atoms with Crippen LogP contribution in [0.25, 0.3) is 0 Å². The number of rotatable bonds is 3. The van der Waals surface area contributed by atoms with Crippen molar-refractivity contribution in [2.75, 3.05) is 5.32 Å². The Kier molecular flexibility index (Phi) is 4.40. The van der Waals surface area contributed by atoms with Gasteiger partial charge in [-0.05, 0) is 19.1 Å². The van der Waals surface area contributed by atoms with Crippen molar-refractivity contribution < 1.29 is 14.7 Å². The maximum Gasteiger partial charge on any atom is 0.339 e. The Morgan fingerprint density at radius 3 is 2.38 bits per heavy atom. The minimum Gasteiger partial charge on any atom is -0.478 e. The van der Waals surface area contributed by atoms with Crippen molar-refractivity contribution in [1.82, 2.24) is 9.97 Å². The van der Waals surface area contributed by atoms with Gasteiger partial charge in [0.2, 0.25) is 0 Å². The lowest BCUT2D eigenvalue weighted by Crippen LogP contribution is -2.17. The molecule has 0 aliphatic carbocycles. The molecule has 0 fully saturated rings. The topological polar surface area (TPSA) is 92.2 Å². The molecule has 8 heteroatoms. The molecule has 0 radical (unpaired) electrons. The van der Waals surface area contributed by atoms with Crippen LogP contribution in [0.3, 0.4) is 0 Å². The number of benzene rings is 1. The minimum absolute atomic E-state index is 0.0304. The molecule has 2 rings (SSSR count). The van der Waals surface area contributed by atoms with Gasteiger partial charge >= 0.3 is 5.97 Å². The number of aryl methyl sites for hydroxylation is 1. The van der Waals surface area contributed by atoms with Gasteiger partial charge in [0, 0.05) is 6.20 Å². The predicted molar refractivity (Wildman–Crippen MR) is 78.1 cm³/mol. The molecule has 2 N–H and O–H groups in total. The largest absolute Gasteiger partial charge is 0.478 e. The van der Waals surface area contributed by atoms with Gasteiger partial charge < -0.3 is 10.4 Å². The molecule has 0 saturated carbocycles. The SMILES string of the molecule is Cc1cnc(C(=O)Nc2c(Cl)ccc(Cl)c2C(=O)O)cn1. The Morgan fingerprint density at radius 2 is 1.81 bits per heavy atom. The average Bonchev–Trinajstić information content (AvgIpc) is 2.43. The fraction of sp³-hybridized carbons (Fsp3) is 0.0769. The van der Waals surface area contributed by atoms with Crippen molar-refractivity contribution in [1.29, 1.82) is 0 Å². The lowest BCUT2D eigenvalue weighted by molar-refractivity contribution is 0.0698. The Morgan fingerprint density at radius 1 is 1.14 bits per heavy atom. The summed E-state index contributed by atoms with van der Waals surface area (Å²) in [6.45, 7) is 1.73. The molecule has 1 amide bonds. The van der Waals surface area contributed by atoms with E-state index in [2.05, 4.69) is 15.3 Å². The summed E-state index contributed by atoms with van der Waals surface area (Å²) in [6, 6.07) is 2.74. The van der Waals surface area contributed by atoms with E-state index in [4.69, 9.17) is 28.3 Å². The molecule has 1 aromatic carbocycles. The number of carbonyl (C=O) groups is 2. The summed E-state index contributed by atoms with van der Waals surface area (Å²) < 4.78 is 0. The molecule has 0 atom stereocenters. The van der Waals surface area contributed by atoms with Gasteiger partial charge in [-0.3, -0.25) is 9.78 Å². The molecule has 1 aromatic heterocycles. The molecule has 0 bridgehead atoms. The van der Waals surface area contributed by atoms with Gasteiger partial charge in [0.05, 0.1) is 27.6 Å². The fourth-order valence-corrected chi connectivity index (χ4v) is 2.01. The molecular formula is C13H9Cl2N3O3. The third-order valence-corrected chi connectivity index (χ3v) is 3.20. The third kappa shape index (κ3) is 3.29. The van der Waals surface area contributed by atoms with Crippen LogP contribution in [0.15, 0.2) is 24.5 Å². The second-order valence-corrected chi connectivity index (χ2v) is 4.90. The first-order valence-corrected chi connectivity index (χ1v) is 6.47. The number of carboxylic acids is 1. The monoisotopic (exact) mass is 325 g/mol. The van der Waals surface area contributed by atoms with Gasteiger partial charge in [0.15, 0.2) is 0 Å². The maximum atomic E-state index is 12.1. The number of hydrogen-bond acceptors (Lipinski definition) is 4. The minimum atomic E-state index is -1.30. The Labute approximate surface area is 129 Å². The zero-order chi connectivity index (χ0) is 15.6. The highest BCUT2D eigenvalue weighted by molar-refractivity contribution is 6.38. The van der Waals surface area contributed by atoms with Crippen molar-refractivity contribution >= 4 is 40.8 Å². The standard InChI is InChI=1S/C13H9Cl2N3O3/c1-6-4-17-9(5-16-6)12(19)18-11-8(15)3-2-7(14)10(11)13(20)21/h2-5H,1H3,(H,18,19)(H,20,21). The van der Waals surface area contributed by atoms with Gasteiger partial charge in [-0.1, -0.05) is 23.2 Å². The Hall–Kier alpha value is -2.18. The van der Waals surface area contributed by atoms with Crippen LogP contribution >= 0.6 is 23.2 Å². The van der Waals surface area contributed by atoms with Crippen molar-refractivity contribution in [3.63, 3.8) is 0 Å². The predicted octanol–water partition coefficient (Wildman–Crippen LogP) is 3.04. The van der Waals surface area contributed by atoms with Gasteiger partial charge in [0.1, 0.15) is 11.3 Å². The van der Waals surface area contributed by atoms with Crippen LogP contribution in [0.1, 0.15) is 26.5 Å². The van der Waals surface area contributed by atoms with Gasteiger partial charge in [-0.25, -0.2) is 9.78 Å². The first-order valence-electron chi connectivity index (χ1n) is 5.71.